The summed E-state index contributed by atoms with van der Waals surface area (Å²) < 4.78 is 10.6. The second-order valence-electron chi connectivity index (χ2n) is 4.76. The average molecular weight is 274 g/mol. The highest BCUT2D eigenvalue weighted by atomic mass is 16.5. The van der Waals surface area contributed by atoms with Gasteiger partial charge in [-0.3, -0.25) is 4.79 Å². The number of morpholine rings is 1. The van der Waals surface area contributed by atoms with Crippen molar-refractivity contribution in [1.82, 2.24) is 0 Å². The average Bonchev–Trinajstić information content (AvgIpc) is 2.48. The Morgan fingerprint density at radius 1 is 1.35 bits per heavy atom. The van der Waals surface area contributed by atoms with Crippen molar-refractivity contribution in [3.63, 3.8) is 0 Å². The minimum Gasteiger partial charge on any atom is -0.444 e. The maximum absolute atomic E-state index is 11.2. The van der Waals surface area contributed by atoms with Crippen molar-refractivity contribution < 1.29 is 19.2 Å². The molecule has 1 heterocycles. The molecule has 0 spiro atoms. The highest BCUT2D eigenvalue weighted by Gasteiger charge is 2.13. The van der Waals surface area contributed by atoms with Gasteiger partial charge in [-0.15, -0.1) is 0 Å². The molecule has 0 saturated carbocycles. The van der Waals surface area contributed by atoms with Gasteiger partial charge in [-0.25, -0.2) is 0 Å². The van der Waals surface area contributed by atoms with Gasteiger partial charge < -0.3 is 14.4 Å². The van der Waals surface area contributed by atoms with E-state index in [2.05, 4.69) is 11.8 Å². The first-order valence-corrected chi connectivity index (χ1v) is 6.87. The van der Waals surface area contributed by atoms with Crippen molar-refractivity contribution >= 4 is 5.97 Å². The lowest BCUT2D eigenvalue weighted by molar-refractivity contribution is -0.900. The summed E-state index contributed by atoms with van der Waals surface area (Å²) in [5.74, 6) is 5.89. The van der Waals surface area contributed by atoms with Gasteiger partial charge in [0, 0.05) is 12.5 Å². The van der Waals surface area contributed by atoms with E-state index in [-0.39, 0.29) is 5.97 Å². The molecule has 2 rings (SSSR count). The second kappa shape index (κ2) is 7.68. The Morgan fingerprint density at radius 3 is 2.70 bits per heavy atom. The van der Waals surface area contributed by atoms with Crippen LogP contribution in [-0.4, -0.2) is 38.8 Å². The van der Waals surface area contributed by atoms with Crippen molar-refractivity contribution in [3.05, 3.63) is 35.9 Å². The monoisotopic (exact) mass is 274 g/mol. The van der Waals surface area contributed by atoms with Gasteiger partial charge in [0.1, 0.15) is 19.6 Å². The Hall–Kier alpha value is -1.83. The topological polar surface area (TPSA) is 40.0 Å². The fraction of sp³-hybridized carbons (Fsp3) is 0.438. The van der Waals surface area contributed by atoms with Gasteiger partial charge in [-0.2, -0.15) is 0 Å². The van der Waals surface area contributed by atoms with Gasteiger partial charge in [0.15, 0.2) is 6.10 Å². The van der Waals surface area contributed by atoms with Crippen molar-refractivity contribution in [2.75, 3.05) is 32.8 Å². The van der Waals surface area contributed by atoms with Gasteiger partial charge in [0.25, 0.3) is 0 Å². The van der Waals surface area contributed by atoms with E-state index >= 15 is 0 Å². The van der Waals surface area contributed by atoms with E-state index in [1.807, 2.05) is 30.3 Å². The molecular formula is C16H20NO3+. The lowest BCUT2D eigenvalue weighted by atomic mass is 10.1. The molecule has 1 saturated heterocycles. The molecule has 1 aromatic rings. The summed E-state index contributed by atoms with van der Waals surface area (Å²) in [4.78, 5) is 12.6. The molecule has 4 nitrogen and oxygen atoms in total. The van der Waals surface area contributed by atoms with Crippen molar-refractivity contribution in [2.24, 2.45) is 0 Å². The molecule has 0 unspecified atom stereocenters. The predicted molar refractivity (Wildman–Crippen MR) is 75.1 cm³/mol. The third kappa shape index (κ3) is 4.69. The number of ether oxygens (including phenoxy) is 2. The van der Waals surface area contributed by atoms with Gasteiger partial charge >= 0.3 is 5.97 Å². The quantitative estimate of drug-likeness (QED) is 0.633. The van der Waals surface area contributed by atoms with Crippen molar-refractivity contribution in [3.8, 4) is 11.8 Å². The number of carbonyl (C=O) groups is 1. The van der Waals surface area contributed by atoms with Crippen LogP contribution >= 0.6 is 0 Å². The van der Waals surface area contributed by atoms with Gasteiger partial charge in [0.2, 0.25) is 0 Å². The Balaban J connectivity index is 1.99. The van der Waals surface area contributed by atoms with Crippen LogP contribution in [0, 0.1) is 11.8 Å². The van der Waals surface area contributed by atoms with Crippen molar-refractivity contribution in [2.45, 2.75) is 13.0 Å². The van der Waals surface area contributed by atoms with Gasteiger partial charge in [0.05, 0.1) is 13.2 Å². The van der Waals surface area contributed by atoms with E-state index in [1.165, 1.54) is 11.8 Å². The Kier molecular flexibility index (Phi) is 5.60. The minimum absolute atomic E-state index is 0.313. The number of rotatable bonds is 3. The third-order valence-corrected chi connectivity index (χ3v) is 3.16. The molecule has 0 aliphatic carbocycles. The maximum atomic E-state index is 11.2. The SMILES string of the molecule is CC(=O)O[C@H](C#CC[NH+]1CCOCC1)c1ccccc1. The summed E-state index contributed by atoms with van der Waals surface area (Å²) in [5.41, 5.74) is 0.909. The molecule has 4 heteroatoms. The van der Waals surface area contributed by atoms with Crippen LogP contribution in [0.2, 0.25) is 0 Å². The Bertz CT molecular complexity index is 483. The highest BCUT2D eigenvalue weighted by Crippen LogP contribution is 2.15. The second-order valence-corrected chi connectivity index (χ2v) is 4.76. The van der Waals surface area contributed by atoms with Crippen LogP contribution in [0.4, 0.5) is 0 Å². The van der Waals surface area contributed by atoms with E-state index in [4.69, 9.17) is 9.47 Å². The van der Waals surface area contributed by atoms with Crippen LogP contribution < -0.4 is 4.90 Å². The first-order valence-electron chi connectivity index (χ1n) is 6.87. The van der Waals surface area contributed by atoms with Gasteiger partial charge in [-0.1, -0.05) is 30.3 Å². The fourth-order valence-corrected chi connectivity index (χ4v) is 2.08. The predicted octanol–water partition coefficient (Wildman–Crippen LogP) is 0.209. The summed E-state index contributed by atoms with van der Waals surface area (Å²) in [6.07, 6.45) is -0.478. The van der Waals surface area contributed by atoms with Crippen molar-refractivity contribution in [1.29, 1.82) is 0 Å². The summed E-state index contributed by atoms with van der Waals surface area (Å²) in [6.45, 7) is 5.72. The number of quaternary nitrogens is 1. The van der Waals surface area contributed by atoms with E-state index in [1.54, 1.807) is 0 Å². The van der Waals surface area contributed by atoms with Crippen LogP contribution in [-0.2, 0) is 14.3 Å². The first-order chi connectivity index (χ1) is 9.75. The van der Waals surface area contributed by atoms with Crippen LogP contribution in [0.25, 0.3) is 0 Å². The Morgan fingerprint density at radius 2 is 2.05 bits per heavy atom. The summed E-state index contributed by atoms with van der Waals surface area (Å²) in [5, 5.41) is 0. The normalized spacial score (nSPS) is 16.9. The number of hydrogen-bond donors (Lipinski definition) is 1. The van der Waals surface area contributed by atoms with Crippen LogP contribution in [0.5, 0.6) is 0 Å². The van der Waals surface area contributed by atoms with Gasteiger partial charge in [-0.05, 0) is 11.8 Å². The molecule has 0 aromatic heterocycles. The summed E-state index contributed by atoms with van der Waals surface area (Å²) in [7, 11) is 0. The lowest BCUT2D eigenvalue weighted by Gasteiger charge is -2.21. The molecule has 1 atom stereocenters. The van der Waals surface area contributed by atoms with Crippen LogP contribution in [0.1, 0.15) is 18.6 Å². The molecule has 0 amide bonds. The smallest absolute Gasteiger partial charge is 0.304 e. The first kappa shape index (κ1) is 14.6. The zero-order chi connectivity index (χ0) is 14.2. The minimum atomic E-state index is -0.478. The molecule has 20 heavy (non-hydrogen) atoms. The molecule has 1 aromatic carbocycles. The molecular weight excluding hydrogens is 254 g/mol. The van der Waals surface area contributed by atoms with Crippen LogP contribution in [0.15, 0.2) is 30.3 Å². The zero-order valence-corrected chi connectivity index (χ0v) is 11.7. The number of benzene rings is 1. The molecule has 1 aliphatic heterocycles. The third-order valence-electron chi connectivity index (χ3n) is 3.16. The zero-order valence-electron chi connectivity index (χ0n) is 11.7. The summed E-state index contributed by atoms with van der Waals surface area (Å²) in [6, 6.07) is 9.61. The van der Waals surface area contributed by atoms with E-state index in [9.17, 15) is 4.79 Å². The molecule has 0 bridgehead atoms. The number of carbonyl (C=O) groups excluding carboxylic acids is 1. The molecule has 0 radical (unpaired) electrons. The standard InChI is InChI=1S/C16H19NO3/c1-14(18)20-16(15-6-3-2-4-7-15)8-5-9-17-10-12-19-13-11-17/h2-4,6-7,16H,9-13H2,1H3/p+1/t16-/m1/s1. The molecule has 1 aliphatic rings. The fourth-order valence-electron chi connectivity index (χ4n) is 2.08. The largest absolute Gasteiger partial charge is 0.444 e. The number of nitrogens with one attached hydrogen (secondary N) is 1. The van der Waals surface area contributed by atoms with E-state index in [0.29, 0.717) is 0 Å². The highest BCUT2D eigenvalue weighted by molar-refractivity contribution is 5.66. The molecule has 106 valence electrons. The van der Waals surface area contributed by atoms with E-state index in [0.717, 1.165) is 38.4 Å². The van der Waals surface area contributed by atoms with E-state index < -0.39 is 6.10 Å². The maximum Gasteiger partial charge on any atom is 0.304 e. The number of hydrogen-bond acceptors (Lipinski definition) is 3. The Labute approximate surface area is 119 Å². The molecule has 1 N–H and O–H groups in total. The summed E-state index contributed by atoms with van der Waals surface area (Å²) >= 11 is 0. The van der Waals surface area contributed by atoms with Crippen LogP contribution in [0.3, 0.4) is 0 Å². The molecule has 1 fully saturated rings. The lowest BCUT2D eigenvalue weighted by Crippen LogP contribution is -3.14. The number of esters is 1.